The minimum absolute atomic E-state index is 0.217. The molecule has 1 aromatic rings. The van der Waals surface area contributed by atoms with Crippen molar-refractivity contribution in [2.45, 2.75) is 32.2 Å². The first-order chi connectivity index (χ1) is 6.06. The highest BCUT2D eigenvalue weighted by atomic mass is 19.1. The monoisotopic (exact) mass is 181 g/mol. The van der Waals surface area contributed by atoms with Crippen LogP contribution in [-0.2, 0) is 5.54 Å². The second-order valence-corrected chi connectivity index (χ2v) is 3.68. The fourth-order valence-corrected chi connectivity index (χ4v) is 1.51. The Morgan fingerprint density at radius 2 is 2.15 bits per heavy atom. The Hall–Kier alpha value is -0.890. The SMILES string of the molecule is CCCC(C)(N)c1cccc(F)c1. The van der Waals surface area contributed by atoms with Crippen LogP contribution in [0.25, 0.3) is 0 Å². The van der Waals surface area contributed by atoms with Crippen LogP contribution in [0, 0.1) is 5.82 Å². The highest BCUT2D eigenvalue weighted by Gasteiger charge is 2.19. The molecule has 0 aliphatic rings. The largest absolute Gasteiger partial charge is 0.322 e. The summed E-state index contributed by atoms with van der Waals surface area (Å²) in [4.78, 5) is 0. The van der Waals surface area contributed by atoms with E-state index in [-0.39, 0.29) is 5.82 Å². The Balaban J connectivity index is 2.93. The molecule has 0 aliphatic heterocycles. The number of hydrogen-bond acceptors (Lipinski definition) is 1. The van der Waals surface area contributed by atoms with Crippen LogP contribution < -0.4 is 5.73 Å². The second kappa shape index (κ2) is 3.88. The van der Waals surface area contributed by atoms with E-state index in [2.05, 4.69) is 6.92 Å². The van der Waals surface area contributed by atoms with Crippen molar-refractivity contribution in [1.82, 2.24) is 0 Å². The first-order valence-corrected chi connectivity index (χ1v) is 4.61. The van der Waals surface area contributed by atoms with Crippen molar-refractivity contribution in [1.29, 1.82) is 0 Å². The zero-order valence-corrected chi connectivity index (χ0v) is 8.18. The minimum Gasteiger partial charge on any atom is -0.322 e. The van der Waals surface area contributed by atoms with Gasteiger partial charge in [0.1, 0.15) is 5.82 Å². The molecule has 2 N–H and O–H groups in total. The third-order valence-electron chi connectivity index (χ3n) is 2.25. The van der Waals surface area contributed by atoms with E-state index in [9.17, 15) is 4.39 Å². The summed E-state index contributed by atoms with van der Waals surface area (Å²) in [6.07, 6.45) is 1.87. The molecule has 0 aromatic heterocycles. The first-order valence-electron chi connectivity index (χ1n) is 4.61. The summed E-state index contributed by atoms with van der Waals surface area (Å²) < 4.78 is 12.9. The smallest absolute Gasteiger partial charge is 0.123 e. The van der Waals surface area contributed by atoms with E-state index in [0.29, 0.717) is 0 Å². The third-order valence-corrected chi connectivity index (χ3v) is 2.25. The van der Waals surface area contributed by atoms with Crippen LogP contribution in [0.15, 0.2) is 24.3 Å². The Kier molecular flexibility index (Phi) is 3.04. The van der Waals surface area contributed by atoms with Crippen LogP contribution in [0.3, 0.4) is 0 Å². The summed E-state index contributed by atoms with van der Waals surface area (Å²) in [5.41, 5.74) is 6.51. The molecule has 0 saturated heterocycles. The lowest BCUT2D eigenvalue weighted by Crippen LogP contribution is -2.32. The average molecular weight is 181 g/mol. The Morgan fingerprint density at radius 3 is 2.69 bits per heavy atom. The molecular formula is C11H16FN. The quantitative estimate of drug-likeness (QED) is 0.762. The van der Waals surface area contributed by atoms with Crippen LogP contribution >= 0.6 is 0 Å². The van der Waals surface area contributed by atoms with E-state index in [1.807, 2.05) is 13.0 Å². The maximum Gasteiger partial charge on any atom is 0.123 e. The summed E-state index contributed by atoms with van der Waals surface area (Å²) >= 11 is 0. The van der Waals surface area contributed by atoms with Gasteiger partial charge in [-0.2, -0.15) is 0 Å². The summed E-state index contributed by atoms with van der Waals surface area (Å²) in [5, 5.41) is 0. The van der Waals surface area contributed by atoms with Gasteiger partial charge in [0.15, 0.2) is 0 Å². The van der Waals surface area contributed by atoms with Gasteiger partial charge in [-0.3, -0.25) is 0 Å². The number of rotatable bonds is 3. The first kappa shape index (κ1) is 10.2. The van der Waals surface area contributed by atoms with Gasteiger partial charge in [-0.1, -0.05) is 25.5 Å². The zero-order chi connectivity index (χ0) is 9.90. The Labute approximate surface area is 78.8 Å². The summed E-state index contributed by atoms with van der Waals surface area (Å²) in [7, 11) is 0. The van der Waals surface area contributed by atoms with Gasteiger partial charge in [0.2, 0.25) is 0 Å². The fourth-order valence-electron chi connectivity index (χ4n) is 1.51. The zero-order valence-electron chi connectivity index (χ0n) is 8.18. The second-order valence-electron chi connectivity index (χ2n) is 3.68. The average Bonchev–Trinajstić information content (AvgIpc) is 2.04. The van der Waals surface area contributed by atoms with E-state index in [1.54, 1.807) is 6.07 Å². The van der Waals surface area contributed by atoms with Crippen molar-refractivity contribution < 1.29 is 4.39 Å². The van der Waals surface area contributed by atoms with E-state index in [1.165, 1.54) is 12.1 Å². The minimum atomic E-state index is -0.406. The van der Waals surface area contributed by atoms with Crippen molar-refractivity contribution in [3.8, 4) is 0 Å². The molecule has 0 heterocycles. The normalized spacial score (nSPS) is 15.4. The van der Waals surface area contributed by atoms with Gasteiger partial charge < -0.3 is 5.73 Å². The molecule has 0 fully saturated rings. The summed E-state index contributed by atoms with van der Waals surface area (Å²) in [6.45, 7) is 4.01. The van der Waals surface area contributed by atoms with Crippen molar-refractivity contribution in [2.24, 2.45) is 5.73 Å². The molecule has 2 heteroatoms. The fraction of sp³-hybridized carbons (Fsp3) is 0.455. The van der Waals surface area contributed by atoms with Crippen molar-refractivity contribution in [3.63, 3.8) is 0 Å². The highest BCUT2D eigenvalue weighted by molar-refractivity contribution is 5.23. The van der Waals surface area contributed by atoms with Gasteiger partial charge in [0.05, 0.1) is 0 Å². The third kappa shape index (κ3) is 2.52. The standard InChI is InChI=1S/C11H16FN/c1-3-7-11(2,13)9-5-4-6-10(12)8-9/h4-6,8H,3,7,13H2,1-2H3. The molecule has 0 saturated carbocycles. The van der Waals surface area contributed by atoms with Crippen molar-refractivity contribution in [3.05, 3.63) is 35.6 Å². The Morgan fingerprint density at radius 1 is 1.46 bits per heavy atom. The van der Waals surface area contributed by atoms with Gasteiger partial charge in [0, 0.05) is 5.54 Å². The molecule has 1 atom stereocenters. The lowest BCUT2D eigenvalue weighted by Gasteiger charge is -2.24. The van der Waals surface area contributed by atoms with E-state index < -0.39 is 5.54 Å². The lowest BCUT2D eigenvalue weighted by molar-refractivity contribution is 0.443. The molecule has 0 spiro atoms. The van der Waals surface area contributed by atoms with Crippen LogP contribution in [0.5, 0.6) is 0 Å². The molecule has 0 aliphatic carbocycles. The van der Waals surface area contributed by atoms with Gasteiger partial charge in [-0.25, -0.2) is 4.39 Å². The molecule has 0 bridgehead atoms. The highest BCUT2D eigenvalue weighted by Crippen LogP contribution is 2.23. The van der Waals surface area contributed by atoms with E-state index >= 15 is 0 Å². The predicted molar refractivity (Wildman–Crippen MR) is 52.8 cm³/mol. The van der Waals surface area contributed by atoms with Crippen LogP contribution in [0.4, 0.5) is 4.39 Å². The van der Waals surface area contributed by atoms with Gasteiger partial charge >= 0.3 is 0 Å². The topological polar surface area (TPSA) is 26.0 Å². The van der Waals surface area contributed by atoms with Crippen molar-refractivity contribution >= 4 is 0 Å². The molecule has 0 radical (unpaired) electrons. The molecule has 72 valence electrons. The van der Waals surface area contributed by atoms with Crippen LogP contribution in [-0.4, -0.2) is 0 Å². The lowest BCUT2D eigenvalue weighted by atomic mass is 9.89. The molecule has 1 unspecified atom stereocenters. The summed E-state index contributed by atoms with van der Waals surface area (Å²) in [6, 6.07) is 6.52. The van der Waals surface area contributed by atoms with Gasteiger partial charge in [0.25, 0.3) is 0 Å². The number of benzene rings is 1. The van der Waals surface area contributed by atoms with Gasteiger partial charge in [-0.15, -0.1) is 0 Å². The maximum absolute atomic E-state index is 12.9. The predicted octanol–water partition coefficient (Wildman–Crippen LogP) is 2.80. The van der Waals surface area contributed by atoms with Crippen molar-refractivity contribution in [2.75, 3.05) is 0 Å². The number of halogens is 1. The number of hydrogen-bond donors (Lipinski definition) is 1. The summed E-state index contributed by atoms with van der Waals surface area (Å²) in [5.74, 6) is -0.217. The number of nitrogens with two attached hydrogens (primary N) is 1. The molecule has 0 amide bonds. The Bertz CT molecular complexity index is 281. The van der Waals surface area contributed by atoms with E-state index in [4.69, 9.17) is 5.73 Å². The van der Waals surface area contributed by atoms with E-state index in [0.717, 1.165) is 18.4 Å². The maximum atomic E-state index is 12.9. The molecule has 1 nitrogen and oxygen atoms in total. The molecular weight excluding hydrogens is 165 g/mol. The molecule has 13 heavy (non-hydrogen) atoms. The molecule has 1 aromatic carbocycles. The molecule has 1 rings (SSSR count). The van der Waals surface area contributed by atoms with Gasteiger partial charge in [-0.05, 0) is 31.0 Å². The van der Waals surface area contributed by atoms with Crippen LogP contribution in [0.2, 0.25) is 0 Å². The van der Waals surface area contributed by atoms with Crippen LogP contribution in [0.1, 0.15) is 32.3 Å².